The van der Waals surface area contributed by atoms with E-state index in [0.29, 0.717) is 0 Å². The van der Waals surface area contributed by atoms with Crippen LogP contribution in [0.5, 0.6) is 0 Å². The summed E-state index contributed by atoms with van der Waals surface area (Å²) in [6.07, 6.45) is 0. The van der Waals surface area contributed by atoms with Crippen molar-refractivity contribution < 1.29 is 0 Å². The summed E-state index contributed by atoms with van der Waals surface area (Å²) in [4.78, 5) is 0. The van der Waals surface area contributed by atoms with Gasteiger partial charge in [-0.1, -0.05) is 41.3 Å². The van der Waals surface area contributed by atoms with Gasteiger partial charge in [-0.3, -0.25) is 0 Å². The fourth-order valence-electron chi connectivity index (χ4n) is 2.02. The molecule has 0 amide bonds. The first kappa shape index (κ1) is 11.1. The molecule has 0 bridgehead atoms. The van der Waals surface area contributed by atoms with Gasteiger partial charge in [-0.15, -0.1) is 47.3 Å². The molecule has 0 aliphatic rings. The van der Waals surface area contributed by atoms with Gasteiger partial charge in [-0.2, -0.15) is 0 Å². The smallest absolute Gasteiger partial charge is 0 e. The minimum atomic E-state index is 0. The molecule has 0 unspecified atom stereocenters. The number of fused-ring (bicyclic) bond motifs is 1. The Hall–Kier alpha value is -1.35. The number of hydrogen-bond acceptors (Lipinski definition) is 0. The first-order chi connectivity index (χ1) is 7.45. The summed E-state index contributed by atoms with van der Waals surface area (Å²) in [5.41, 5.74) is 2.62. The molecular weight excluding hydrogens is 187 g/mol. The molecule has 0 fully saturated rings. The zero-order valence-corrected chi connectivity index (χ0v) is 9.35. The van der Waals surface area contributed by atoms with Crippen LogP contribution in [-0.2, 0) is 0 Å². The second kappa shape index (κ2) is 4.66. The van der Waals surface area contributed by atoms with Crippen molar-refractivity contribution in [2.75, 3.05) is 0 Å². The molecule has 73 valence electrons. The maximum atomic E-state index is 2.19. The molecule has 3 aromatic carbocycles. The fraction of sp³-hybridized carbons (Fsp3) is 0. The normalized spacial score (nSPS) is 10.0. The van der Waals surface area contributed by atoms with Crippen molar-refractivity contribution >= 4 is 29.6 Å². The molecule has 16 heavy (non-hydrogen) atoms. The summed E-state index contributed by atoms with van der Waals surface area (Å²) in [5.74, 6) is 0. The van der Waals surface area contributed by atoms with Gasteiger partial charge in [0.1, 0.15) is 0 Å². The van der Waals surface area contributed by atoms with Gasteiger partial charge in [0.2, 0.25) is 0 Å². The summed E-state index contributed by atoms with van der Waals surface area (Å²) < 4.78 is 0. The van der Waals surface area contributed by atoms with E-state index in [1.165, 1.54) is 21.9 Å². The summed E-state index contributed by atoms with van der Waals surface area (Å²) in [5, 5.41) is 2.65. The predicted octanol–water partition coefficient (Wildman–Crippen LogP) is 3.84. The van der Waals surface area contributed by atoms with E-state index in [0.717, 1.165) is 0 Å². The fourth-order valence-corrected chi connectivity index (χ4v) is 2.02. The monoisotopic (exact) mass is 198 g/mol. The Labute approximate surface area is 107 Å². The van der Waals surface area contributed by atoms with Gasteiger partial charge in [0, 0.05) is 18.9 Å². The Bertz CT molecular complexity index is 578. The van der Waals surface area contributed by atoms with Gasteiger partial charge in [0.05, 0.1) is 0 Å². The van der Waals surface area contributed by atoms with Crippen molar-refractivity contribution in [3.05, 3.63) is 66.7 Å². The van der Waals surface area contributed by atoms with Crippen molar-refractivity contribution in [1.29, 1.82) is 0 Å². The zero-order chi connectivity index (χ0) is 10.1. The summed E-state index contributed by atoms with van der Waals surface area (Å²) in [6, 6.07) is 23.4. The van der Waals surface area contributed by atoms with Crippen LogP contribution in [0, 0.1) is 0 Å². The molecule has 3 rings (SSSR count). The van der Waals surface area contributed by atoms with Crippen LogP contribution in [0.25, 0.3) is 21.9 Å². The van der Waals surface area contributed by atoms with E-state index in [1.807, 2.05) is 0 Å². The van der Waals surface area contributed by atoms with E-state index in [1.54, 1.807) is 0 Å². The van der Waals surface area contributed by atoms with Gasteiger partial charge < -0.3 is 0 Å². The van der Waals surface area contributed by atoms with Crippen molar-refractivity contribution in [2.45, 2.75) is 0 Å². The number of benzene rings is 2. The third kappa shape index (κ3) is 1.83. The van der Waals surface area contributed by atoms with Gasteiger partial charge in [-0.05, 0) is 0 Å². The van der Waals surface area contributed by atoms with Crippen LogP contribution in [-0.4, -0.2) is 18.9 Å². The second-order valence-electron chi connectivity index (χ2n) is 3.70. The Morgan fingerprint density at radius 3 is 2.25 bits per heavy atom. The molecule has 0 aliphatic heterocycles. The average molecular weight is 198 g/mol. The molecule has 0 saturated heterocycles. The van der Waals surface area contributed by atoms with E-state index < -0.39 is 0 Å². The number of rotatable bonds is 1. The Balaban J connectivity index is 0.000000963. The Morgan fingerprint density at radius 2 is 1.44 bits per heavy atom. The van der Waals surface area contributed by atoms with Crippen LogP contribution in [0.2, 0.25) is 0 Å². The molecule has 0 N–H and O–H groups in total. The van der Waals surface area contributed by atoms with E-state index in [2.05, 4.69) is 66.7 Å². The van der Waals surface area contributed by atoms with Crippen molar-refractivity contribution in [1.82, 2.24) is 0 Å². The minimum absolute atomic E-state index is 0. The van der Waals surface area contributed by atoms with E-state index >= 15 is 0 Å². The standard InChI is InChI=1S/C15H11.Li/c1-2-6-12(7-3-1)15-11-10-13-8-4-5-9-14(13)15;/h1-11H;/q-1;. The Morgan fingerprint density at radius 1 is 0.688 bits per heavy atom. The Kier molecular flexibility index (Phi) is 3.24. The summed E-state index contributed by atoms with van der Waals surface area (Å²) >= 11 is 0. The molecule has 0 aromatic heterocycles. The van der Waals surface area contributed by atoms with Crippen molar-refractivity contribution in [2.24, 2.45) is 0 Å². The maximum absolute atomic E-state index is 2.19. The van der Waals surface area contributed by atoms with Gasteiger partial charge >= 0.3 is 0 Å². The largest absolute Gasteiger partial charge is 0.144 e. The maximum Gasteiger partial charge on any atom is 0 e. The molecule has 1 radical (unpaired) electrons. The van der Waals surface area contributed by atoms with E-state index in [-0.39, 0.29) is 18.9 Å². The molecular formula is C15H11Li-. The SMILES string of the molecule is [Li].c1ccc(-c2cc[c-]3ccccc23)cc1. The molecule has 0 atom stereocenters. The van der Waals surface area contributed by atoms with Crippen LogP contribution in [0.4, 0.5) is 0 Å². The summed E-state index contributed by atoms with van der Waals surface area (Å²) in [6.45, 7) is 0. The number of hydrogen-bond donors (Lipinski definition) is 0. The molecule has 3 aromatic rings. The van der Waals surface area contributed by atoms with Gasteiger partial charge in [0.15, 0.2) is 0 Å². The van der Waals surface area contributed by atoms with Crippen molar-refractivity contribution in [3.63, 3.8) is 0 Å². The molecule has 0 spiro atoms. The second-order valence-corrected chi connectivity index (χ2v) is 3.70. The van der Waals surface area contributed by atoms with Gasteiger partial charge in [-0.25, -0.2) is 0 Å². The van der Waals surface area contributed by atoms with Crippen LogP contribution in [0.3, 0.4) is 0 Å². The van der Waals surface area contributed by atoms with Crippen LogP contribution in [0.15, 0.2) is 66.7 Å². The first-order valence-corrected chi connectivity index (χ1v) is 5.15. The average Bonchev–Trinajstić information content (AvgIpc) is 2.74. The third-order valence-electron chi connectivity index (χ3n) is 2.77. The van der Waals surface area contributed by atoms with Crippen LogP contribution < -0.4 is 0 Å². The molecule has 0 heterocycles. The minimum Gasteiger partial charge on any atom is -0.144 e. The van der Waals surface area contributed by atoms with Crippen LogP contribution in [0.1, 0.15) is 0 Å². The first-order valence-electron chi connectivity index (χ1n) is 5.15. The zero-order valence-electron chi connectivity index (χ0n) is 9.35. The van der Waals surface area contributed by atoms with Crippen molar-refractivity contribution in [3.8, 4) is 11.1 Å². The molecule has 0 aliphatic carbocycles. The predicted molar refractivity (Wildman–Crippen MR) is 70.7 cm³/mol. The summed E-state index contributed by atoms with van der Waals surface area (Å²) in [7, 11) is 0. The topological polar surface area (TPSA) is 0 Å². The quantitative estimate of drug-likeness (QED) is 0.411. The third-order valence-corrected chi connectivity index (χ3v) is 2.77. The molecule has 0 saturated carbocycles. The van der Waals surface area contributed by atoms with E-state index in [4.69, 9.17) is 0 Å². The molecule has 1 heteroatoms. The van der Waals surface area contributed by atoms with Gasteiger partial charge in [0.25, 0.3) is 0 Å². The van der Waals surface area contributed by atoms with Crippen LogP contribution >= 0.6 is 0 Å². The molecule has 0 nitrogen and oxygen atoms in total. The van der Waals surface area contributed by atoms with E-state index in [9.17, 15) is 0 Å².